The fourth-order valence-electron chi connectivity index (χ4n) is 4.04. The maximum absolute atomic E-state index is 11.2. The van der Waals surface area contributed by atoms with Gasteiger partial charge in [0.05, 0.1) is 6.61 Å². The molecule has 0 bridgehead atoms. The molecule has 9 heteroatoms. The van der Waals surface area contributed by atoms with Crippen LogP contribution in [0.2, 0.25) is 0 Å². The van der Waals surface area contributed by atoms with Crippen LogP contribution >= 0.6 is 0 Å². The van der Waals surface area contributed by atoms with Crippen molar-refractivity contribution in [2.75, 3.05) is 6.61 Å². The van der Waals surface area contributed by atoms with Gasteiger partial charge in [-0.15, -0.1) is 0 Å². The quantitative estimate of drug-likeness (QED) is 0.0566. The van der Waals surface area contributed by atoms with Crippen LogP contribution in [0.3, 0.4) is 0 Å². The number of rotatable bonds is 20. The molecule has 39 heavy (non-hydrogen) atoms. The minimum atomic E-state index is -11.2. The van der Waals surface area contributed by atoms with Crippen LogP contribution in [0, 0.1) is 7.14 Å². The Kier molecular flexibility index (Phi) is 17.5. The van der Waals surface area contributed by atoms with Crippen LogP contribution in [0.25, 0.3) is 0 Å². The molecular formula is C30H46F6IOSb. The fourth-order valence-corrected chi connectivity index (χ4v) is 6.25. The fraction of sp³-hybridized carbons (Fsp3) is 0.600. The van der Waals surface area contributed by atoms with Crippen LogP contribution in [-0.4, -0.2) is 26.1 Å². The van der Waals surface area contributed by atoms with Gasteiger partial charge >= 0.3 is 57.6 Å². The molecule has 0 aliphatic heterocycles. The Balaban J connectivity index is 0.000000956. The second-order valence-electron chi connectivity index (χ2n) is 9.95. The molecule has 0 saturated heterocycles. The Morgan fingerprint density at radius 3 is 1.28 bits per heavy atom. The molecule has 0 aliphatic rings. The van der Waals surface area contributed by atoms with Crippen molar-refractivity contribution in [3.05, 3.63) is 61.7 Å². The van der Waals surface area contributed by atoms with Gasteiger partial charge in [0.15, 0.2) is 7.14 Å². The molecule has 2 rings (SSSR count). The standard InChI is InChI=1S/C30H46IO.6FH.Sb/c1-2-3-4-5-6-7-8-9-10-11-12-13-14-15-16-20-27-32-30-25-23-29(24-26-30)31-28-21-18-17-19-22-28;;;;;;;/h17-19,21-26H,2-16,20,27H2,1H3;6*1H;/q+1;;;;;;;+5/p-6. The van der Waals surface area contributed by atoms with Crippen molar-refractivity contribution in [2.45, 2.75) is 110 Å². The summed E-state index contributed by atoms with van der Waals surface area (Å²) < 4.78 is 68.4. The number of ether oxygens (including phenoxy) is 1. The predicted molar refractivity (Wildman–Crippen MR) is 148 cm³/mol. The van der Waals surface area contributed by atoms with E-state index >= 15 is 0 Å². The van der Waals surface area contributed by atoms with Crippen molar-refractivity contribution < 1.29 is 42.8 Å². The molecule has 0 radical (unpaired) electrons. The van der Waals surface area contributed by atoms with Crippen LogP contribution in [0.1, 0.15) is 110 Å². The second kappa shape index (κ2) is 18.7. The average molecular weight is 785 g/mol. The first-order valence-electron chi connectivity index (χ1n) is 14.3. The van der Waals surface area contributed by atoms with Crippen LogP contribution < -0.4 is 25.9 Å². The summed E-state index contributed by atoms with van der Waals surface area (Å²) in [6.45, 7) is 3.15. The van der Waals surface area contributed by atoms with Gasteiger partial charge in [0.2, 0.25) is 0 Å². The summed E-state index contributed by atoms with van der Waals surface area (Å²) in [6, 6.07) is 19.6. The van der Waals surface area contributed by atoms with Gasteiger partial charge in [0.1, 0.15) is 5.75 Å². The molecule has 0 aliphatic carbocycles. The van der Waals surface area contributed by atoms with E-state index in [1.54, 1.807) is 0 Å². The monoisotopic (exact) mass is 784 g/mol. The normalized spacial score (nSPS) is 13.2. The van der Waals surface area contributed by atoms with Gasteiger partial charge in [-0.25, -0.2) is 0 Å². The maximum atomic E-state index is 9.93. The molecular weight excluding hydrogens is 739 g/mol. The molecule has 2 aromatic rings. The molecule has 0 atom stereocenters. The first-order chi connectivity index (χ1) is 18.3. The topological polar surface area (TPSA) is 9.23 Å². The summed E-state index contributed by atoms with van der Waals surface area (Å²) in [5.74, 6) is 1.02. The van der Waals surface area contributed by atoms with Crippen molar-refractivity contribution in [3.63, 3.8) is 0 Å². The number of benzene rings is 2. The molecule has 0 N–H and O–H groups in total. The first-order valence-corrected chi connectivity index (χ1v) is 22.3. The van der Waals surface area contributed by atoms with Gasteiger partial charge in [-0.2, -0.15) is 0 Å². The molecule has 2 aromatic carbocycles. The Bertz CT molecular complexity index is 849. The summed E-state index contributed by atoms with van der Waals surface area (Å²) in [6.07, 6.45) is 22.5. The van der Waals surface area contributed by atoms with Crippen molar-refractivity contribution in [1.29, 1.82) is 0 Å². The van der Waals surface area contributed by atoms with E-state index in [2.05, 4.69) is 61.5 Å². The van der Waals surface area contributed by atoms with Crippen LogP contribution in [0.15, 0.2) is 54.6 Å². The summed E-state index contributed by atoms with van der Waals surface area (Å²) in [7, 11) is 0. The second-order valence-corrected chi connectivity index (χ2v) is 18.5. The molecule has 0 saturated carbocycles. The van der Waals surface area contributed by atoms with Crippen molar-refractivity contribution in [1.82, 2.24) is 0 Å². The number of hydrogen-bond acceptors (Lipinski definition) is 1. The van der Waals surface area contributed by atoms with Gasteiger partial charge in [0.25, 0.3) is 0 Å². The third kappa shape index (κ3) is 28.7. The molecule has 1 nitrogen and oxygen atoms in total. The van der Waals surface area contributed by atoms with Gasteiger partial charge in [-0.1, -0.05) is 121 Å². The van der Waals surface area contributed by atoms with E-state index in [1.807, 2.05) is 0 Å². The molecule has 226 valence electrons. The molecule has 0 spiro atoms. The number of hydrogen-bond donors (Lipinski definition) is 0. The summed E-state index contributed by atoms with van der Waals surface area (Å²) in [4.78, 5) is 0. The van der Waals surface area contributed by atoms with Gasteiger partial charge < -0.3 is 4.74 Å². The number of unbranched alkanes of at least 4 members (excludes halogenated alkanes) is 15. The Hall–Kier alpha value is -0.632. The van der Waals surface area contributed by atoms with Crippen LogP contribution in [0.4, 0.5) is 16.9 Å². The van der Waals surface area contributed by atoms with Crippen LogP contribution in [-0.2, 0) is 0 Å². The summed E-state index contributed by atoms with van der Waals surface area (Å²) >= 11 is -11.3. The van der Waals surface area contributed by atoms with E-state index in [0.717, 1.165) is 12.4 Å². The summed E-state index contributed by atoms with van der Waals surface area (Å²) in [5.41, 5.74) is 0. The SMILES string of the molecule is CCCCCCCCCCCCCCCCCCOc1ccc([I+]c2ccccc2)cc1.[F][Sb-]([F])([F])([F])([F])[F]. The Morgan fingerprint density at radius 1 is 0.513 bits per heavy atom. The van der Waals surface area contributed by atoms with E-state index in [9.17, 15) is 16.9 Å². The van der Waals surface area contributed by atoms with E-state index in [-0.39, 0.29) is 21.2 Å². The third-order valence-electron chi connectivity index (χ3n) is 6.03. The van der Waals surface area contributed by atoms with Crippen LogP contribution in [0.5, 0.6) is 5.75 Å². The number of halogens is 7. The molecule has 0 aromatic heterocycles. The van der Waals surface area contributed by atoms with Crippen molar-refractivity contribution in [2.24, 2.45) is 0 Å². The van der Waals surface area contributed by atoms with Gasteiger partial charge in [-0.3, -0.25) is 0 Å². The first kappa shape index (κ1) is 36.4. The predicted octanol–water partition coefficient (Wildman–Crippen LogP) is 8.60. The van der Waals surface area contributed by atoms with Gasteiger partial charge in [-0.05, 0) is 42.8 Å². The zero-order chi connectivity index (χ0) is 28.9. The summed E-state index contributed by atoms with van der Waals surface area (Å²) in [5, 5.41) is 0. The Morgan fingerprint density at radius 2 is 0.872 bits per heavy atom. The Labute approximate surface area is 244 Å². The van der Waals surface area contributed by atoms with E-state index < -0.39 is 19.5 Å². The zero-order valence-electron chi connectivity index (χ0n) is 23.2. The van der Waals surface area contributed by atoms with E-state index in [4.69, 9.17) is 4.74 Å². The van der Waals surface area contributed by atoms with Crippen molar-refractivity contribution >= 4 is 19.5 Å². The van der Waals surface area contributed by atoms with Gasteiger partial charge in [0, 0.05) is 0 Å². The van der Waals surface area contributed by atoms with E-state index in [1.165, 1.54) is 110 Å². The molecule has 0 unspecified atom stereocenters. The zero-order valence-corrected chi connectivity index (χ0v) is 27.9. The van der Waals surface area contributed by atoms with Crippen molar-refractivity contribution in [3.8, 4) is 5.75 Å². The molecule has 0 fully saturated rings. The van der Waals surface area contributed by atoms with E-state index in [0.29, 0.717) is 0 Å². The average Bonchev–Trinajstić information content (AvgIpc) is 2.86. The molecule has 0 amide bonds. The molecule has 0 heterocycles. The third-order valence-corrected chi connectivity index (χ3v) is 8.72. The minimum absolute atomic E-state index is 0.0762.